The van der Waals surface area contributed by atoms with Crippen LogP contribution in [0.2, 0.25) is 0 Å². The summed E-state index contributed by atoms with van der Waals surface area (Å²) >= 11 is 0. The smallest absolute Gasteiger partial charge is 0.0612 e. The number of hydrogen-bond acceptors (Lipinski definition) is 2. The zero-order valence-corrected chi connectivity index (χ0v) is 12.9. The lowest BCUT2D eigenvalue weighted by atomic mass is 9.83. The van der Waals surface area contributed by atoms with Gasteiger partial charge in [-0.15, -0.1) is 0 Å². The van der Waals surface area contributed by atoms with Crippen molar-refractivity contribution in [1.82, 2.24) is 5.32 Å². The largest absolute Gasteiger partial charge is 0.378 e. The molecule has 3 fully saturated rings. The molecule has 110 valence electrons. The number of ether oxygens (including phenoxy) is 1. The number of fused-ring (bicyclic) bond motifs is 2. The fraction of sp³-hybridized carbons (Fsp3) is 1.00. The molecule has 1 saturated heterocycles. The van der Waals surface area contributed by atoms with Gasteiger partial charge in [-0.3, -0.25) is 0 Å². The average molecular weight is 265 g/mol. The van der Waals surface area contributed by atoms with Gasteiger partial charge in [-0.2, -0.15) is 0 Å². The molecule has 6 unspecified atom stereocenters. The van der Waals surface area contributed by atoms with Crippen molar-refractivity contribution < 1.29 is 4.74 Å². The Bertz CT molecular complexity index is 304. The lowest BCUT2D eigenvalue weighted by Crippen LogP contribution is -2.47. The van der Waals surface area contributed by atoms with Gasteiger partial charge in [0.2, 0.25) is 0 Å². The summed E-state index contributed by atoms with van der Waals surface area (Å²) in [7, 11) is 0. The molecule has 2 bridgehead atoms. The number of hydrogen-bond donors (Lipinski definition) is 1. The second kappa shape index (κ2) is 5.73. The predicted octanol–water partition coefficient (Wildman–Crippen LogP) is 3.60. The molecule has 0 aromatic heterocycles. The van der Waals surface area contributed by atoms with Crippen LogP contribution in [0.4, 0.5) is 0 Å². The summed E-state index contributed by atoms with van der Waals surface area (Å²) in [5.74, 6) is 3.71. The molecule has 19 heavy (non-hydrogen) atoms. The maximum Gasteiger partial charge on any atom is 0.0612 e. The van der Waals surface area contributed by atoms with Crippen LogP contribution in [0.25, 0.3) is 0 Å². The fourth-order valence-electron chi connectivity index (χ4n) is 4.85. The molecular weight excluding hydrogens is 234 g/mol. The van der Waals surface area contributed by atoms with Gasteiger partial charge < -0.3 is 10.1 Å². The van der Waals surface area contributed by atoms with Crippen molar-refractivity contribution in [1.29, 1.82) is 0 Å². The molecule has 0 aromatic carbocycles. The zero-order valence-electron chi connectivity index (χ0n) is 12.9. The second-order valence-corrected chi connectivity index (χ2v) is 7.67. The van der Waals surface area contributed by atoms with Gasteiger partial charge in [0, 0.05) is 18.7 Å². The molecule has 1 N–H and O–H groups in total. The van der Waals surface area contributed by atoms with Gasteiger partial charge in [-0.25, -0.2) is 0 Å². The van der Waals surface area contributed by atoms with Crippen molar-refractivity contribution >= 4 is 0 Å². The summed E-state index contributed by atoms with van der Waals surface area (Å²) in [4.78, 5) is 0. The van der Waals surface area contributed by atoms with Crippen LogP contribution in [0.3, 0.4) is 0 Å². The van der Waals surface area contributed by atoms with Gasteiger partial charge in [0.25, 0.3) is 0 Å². The Balaban J connectivity index is 1.50. The zero-order chi connectivity index (χ0) is 13.4. The quantitative estimate of drug-likeness (QED) is 0.838. The molecule has 3 rings (SSSR count). The van der Waals surface area contributed by atoms with Crippen LogP contribution < -0.4 is 5.32 Å². The van der Waals surface area contributed by atoms with Crippen molar-refractivity contribution in [2.75, 3.05) is 6.61 Å². The maximum atomic E-state index is 5.89. The SMILES string of the molecule is CC(C)C1CC(NC(C)C2CC3CCC2C3)CCO1. The normalized spacial score (nSPS) is 43.9. The number of rotatable bonds is 4. The Morgan fingerprint density at radius 3 is 2.47 bits per heavy atom. The van der Waals surface area contributed by atoms with Gasteiger partial charge in [-0.1, -0.05) is 20.3 Å². The van der Waals surface area contributed by atoms with Gasteiger partial charge in [0.1, 0.15) is 0 Å². The van der Waals surface area contributed by atoms with E-state index in [9.17, 15) is 0 Å². The first-order valence-electron chi connectivity index (χ1n) is 8.51. The third-order valence-corrected chi connectivity index (χ3v) is 5.99. The lowest BCUT2D eigenvalue weighted by Gasteiger charge is -2.37. The van der Waals surface area contributed by atoms with Gasteiger partial charge in [0.05, 0.1) is 6.10 Å². The minimum Gasteiger partial charge on any atom is -0.378 e. The Labute approximate surface area is 118 Å². The van der Waals surface area contributed by atoms with Crippen LogP contribution in [0.1, 0.15) is 59.3 Å². The number of nitrogens with one attached hydrogen (secondary N) is 1. The molecule has 2 nitrogen and oxygen atoms in total. The van der Waals surface area contributed by atoms with Crippen molar-refractivity contribution in [3.05, 3.63) is 0 Å². The molecule has 6 atom stereocenters. The standard InChI is InChI=1S/C17H31NO/c1-11(2)17-10-15(6-7-19-17)18-12(3)16-9-13-4-5-14(16)8-13/h11-18H,4-10H2,1-3H3. The summed E-state index contributed by atoms with van der Waals surface area (Å²) in [6.07, 6.45) is 8.93. The van der Waals surface area contributed by atoms with E-state index in [-0.39, 0.29) is 0 Å². The highest BCUT2D eigenvalue weighted by Gasteiger charge is 2.42. The van der Waals surface area contributed by atoms with E-state index in [1.807, 2.05) is 0 Å². The van der Waals surface area contributed by atoms with Crippen LogP contribution >= 0.6 is 0 Å². The summed E-state index contributed by atoms with van der Waals surface area (Å²) in [6, 6.07) is 1.40. The van der Waals surface area contributed by atoms with Crippen molar-refractivity contribution in [2.24, 2.45) is 23.7 Å². The monoisotopic (exact) mass is 265 g/mol. The fourth-order valence-corrected chi connectivity index (χ4v) is 4.85. The lowest BCUT2D eigenvalue weighted by molar-refractivity contribution is -0.0271. The van der Waals surface area contributed by atoms with Crippen LogP contribution in [0.15, 0.2) is 0 Å². The van der Waals surface area contributed by atoms with Gasteiger partial charge in [-0.05, 0) is 62.7 Å². The molecule has 0 aromatic rings. The Morgan fingerprint density at radius 2 is 1.84 bits per heavy atom. The Hall–Kier alpha value is -0.0800. The third-order valence-electron chi connectivity index (χ3n) is 5.99. The summed E-state index contributed by atoms with van der Waals surface area (Å²) < 4.78 is 5.89. The van der Waals surface area contributed by atoms with E-state index in [4.69, 9.17) is 4.74 Å². The summed E-state index contributed by atoms with van der Waals surface area (Å²) in [6.45, 7) is 7.95. The summed E-state index contributed by atoms with van der Waals surface area (Å²) in [5, 5.41) is 3.95. The van der Waals surface area contributed by atoms with Crippen LogP contribution in [-0.4, -0.2) is 24.8 Å². The summed E-state index contributed by atoms with van der Waals surface area (Å²) in [5.41, 5.74) is 0. The predicted molar refractivity (Wildman–Crippen MR) is 79.1 cm³/mol. The van der Waals surface area contributed by atoms with E-state index >= 15 is 0 Å². The minimum absolute atomic E-state index is 0.471. The average Bonchev–Trinajstić information content (AvgIpc) is 3.01. The molecule has 0 amide bonds. The van der Waals surface area contributed by atoms with Gasteiger partial charge in [0.15, 0.2) is 0 Å². The highest BCUT2D eigenvalue weighted by atomic mass is 16.5. The van der Waals surface area contributed by atoms with Crippen LogP contribution in [0, 0.1) is 23.7 Å². The molecule has 0 radical (unpaired) electrons. The molecule has 2 saturated carbocycles. The molecule has 3 aliphatic rings. The molecule has 1 heterocycles. The Kier molecular flexibility index (Phi) is 4.19. The van der Waals surface area contributed by atoms with E-state index < -0.39 is 0 Å². The highest BCUT2D eigenvalue weighted by molar-refractivity contribution is 4.95. The third kappa shape index (κ3) is 3.00. The Morgan fingerprint density at radius 1 is 1.00 bits per heavy atom. The van der Waals surface area contributed by atoms with Crippen LogP contribution in [-0.2, 0) is 4.74 Å². The first-order valence-corrected chi connectivity index (χ1v) is 8.51. The van der Waals surface area contributed by atoms with E-state index in [2.05, 4.69) is 26.1 Å². The van der Waals surface area contributed by atoms with E-state index in [1.54, 1.807) is 0 Å². The highest BCUT2D eigenvalue weighted by Crippen LogP contribution is 2.49. The van der Waals surface area contributed by atoms with E-state index in [1.165, 1.54) is 38.5 Å². The minimum atomic E-state index is 0.471. The molecule has 1 aliphatic heterocycles. The first-order chi connectivity index (χ1) is 9.13. The van der Waals surface area contributed by atoms with Crippen molar-refractivity contribution in [3.8, 4) is 0 Å². The van der Waals surface area contributed by atoms with E-state index in [0.717, 1.165) is 24.4 Å². The molecule has 2 heteroatoms. The van der Waals surface area contributed by atoms with Crippen LogP contribution in [0.5, 0.6) is 0 Å². The topological polar surface area (TPSA) is 21.3 Å². The molecular formula is C17H31NO. The maximum absolute atomic E-state index is 5.89. The van der Waals surface area contributed by atoms with Gasteiger partial charge >= 0.3 is 0 Å². The molecule has 2 aliphatic carbocycles. The van der Waals surface area contributed by atoms with Crippen molar-refractivity contribution in [2.45, 2.75) is 77.5 Å². The molecule has 0 spiro atoms. The first kappa shape index (κ1) is 13.9. The second-order valence-electron chi connectivity index (χ2n) is 7.67. The van der Waals surface area contributed by atoms with Crippen molar-refractivity contribution in [3.63, 3.8) is 0 Å². The van der Waals surface area contributed by atoms with E-state index in [0.29, 0.717) is 24.1 Å².